The van der Waals surface area contributed by atoms with Gasteiger partial charge < -0.3 is 0 Å². The standard InChI is InChI=1S/C21H34Cl2/c1-2-3-4-5-6-7-8-9-10-11-12-13-14-15-19-18-20(22)16-17-21(19)23/h16-18H,2-15H2,1H3. The summed E-state index contributed by atoms with van der Waals surface area (Å²) in [7, 11) is 0. The highest BCUT2D eigenvalue weighted by atomic mass is 35.5. The normalized spacial score (nSPS) is 11.1. The molecule has 0 amide bonds. The van der Waals surface area contributed by atoms with E-state index in [0.29, 0.717) is 0 Å². The number of aryl methyl sites for hydroxylation is 1. The molecule has 1 aromatic carbocycles. The largest absolute Gasteiger partial charge is 0.0843 e. The highest BCUT2D eigenvalue weighted by Crippen LogP contribution is 2.22. The second-order valence-corrected chi connectivity index (χ2v) is 7.57. The molecular weight excluding hydrogens is 323 g/mol. The third-order valence-electron chi connectivity index (χ3n) is 4.56. The molecule has 0 bridgehead atoms. The number of hydrogen-bond acceptors (Lipinski definition) is 0. The Morgan fingerprint density at radius 3 is 1.65 bits per heavy atom. The molecule has 0 spiro atoms. The van der Waals surface area contributed by atoms with Crippen LogP contribution in [0.1, 0.15) is 96.0 Å². The van der Waals surface area contributed by atoms with Gasteiger partial charge in [0.2, 0.25) is 0 Å². The first-order valence-corrected chi connectivity index (χ1v) is 10.4. The quantitative estimate of drug-likeness (QED) is 0.292. The van der Waals surface area contributed by atoms with E-state index in [2.05, 4.69) is 6.92 Å². The van der Waals surface area contributed by atoms with Gasteiger partial charge in [-0.05, 0) is 36.6 Å². The molecule has 2 heteroatoms. The Morgan fingerprint density at radius 1 is 0.652 bits per heavy atom. The zero-order valence-electron chi connectivity index (χ0n) is 14.9. The zero-order chi connectivity index (χ0) is 16.8. The van der Waals surface area contributed by atoms with Crippen molar-refractivity contribution >= 4 is 23.2 Å². The lowest BCUT2D eigenvalue weighted by atomic mass is 10.0. The summed E-state index contributed by atoms with van der Waals surface area (Å²) in [5.74, 6) is 0. The molecule has 0 heterocycles. The van der Waals surface area contributed by atoms with Gasteiger partial charge in [-0.15, -0.1) is 0 Å². The van der Waals surface area contributed by atoms with Crippen molar-refractivity contribution in [2.24, 2.45) is 0 Å². The van der Waals surface area contributed by atoms with Gasteiger partial charge in [0.05, 0.1) is 0 Å². The van der Waals surface area contributed by atoms with Gasteiger partial charge in [0.1, 0.15) is 0 Å². The van der Waals surface area contributed by atoms with Crippen LogP contribution in [0, 0.1) is 0 Å². The molecular formula is C21H34Cl2. The van der Waals surface area contributed by atoms with Crippen molar-refractivity contribution in [3.05, 3.63) is 33.8 Å². The number of halogens is 2. The molecule has 23 heavy (non-hydrogen) atoms. The molecule has 0 aromatic heterocycles. The first-order chi connectivity index (χ1) is 11.2. The van der Waals surface area contributed by atoms with E-state index in [0.717, 1.165) is 16.5 Å². The molecule has 0 fully saturated rings. The third-order valence-corrected chi connectivity index (χ3v) is 5.16. The molecule has 132 valence electrons. The van der Waals surface area contributed by atoms with Gasteiger partial charge in [0.25, 0.3) is 0 Å². The Bertz CT molecular complexity index is 401. The van der Waals surface area contributed by atoms with E-state index in [4.69, 9.17) is 23.2 Å². The highest BCUT2D eigenvalue weighted by molar-refractivity contribution is 6.33. The van der Waals surface area contributed by atoms with E-state index in [-0.39, 0.29) is 0 Å². The second kappa shape index (κ2) is 14.2. The Balaban J connectivity index is 1.87. The summed E-state index contributed by atoms with van der Waals surface area (Å²) in [6.07, 6.45) is 19.1. The van der Waals surface area contributed by atoms with Crippen LogP contribution < -0.4 is 0 Å². The molecule has 1 aromatic rings. The van der Waals surface area contributed by atoms with Crippen LogP contribution in [0.5, 0.6) is 0 Å². The maximum Gasteiger partial charge on any atom is 0.0439 e. The summed E-state index contributed by atoms with van der Waals surface area (Å²) in [5, 5.41) is 1.65. The van der Waals surface area contributed by atoms with E-state index in [1.54, 1.807) is 0 Å². The summed E-state index contributed by atoms with van der Waals surface area (Å²) in [6, 6.07) is 5.77. The average Bonchev–Trinajstić information content (AvgIpc) is 2.55. The fourth-order valence-corrected chi connectivity index (χ4v) is 3.47. The van der Waals surface area contributed by atoms with E-state index >= 15 is 0 Å². The van der Waals surface area contributed by atoms with Crippen LogP contribution in [-0.4, -0.2) is 0 Å². The third kappa shape index (κ3) is 11.1. The Labute approximate surface area is 154 Å². The van der Waals surface area contributed by atoms with Crippen molar-refractivity contribution in [2.45, 2.75) is 96.8 Å². The Morgan fingerprint density at radius 2 is 1.13 bits per heavy atom. The summed E-state index contributed by atoms with van der Waals surface area (Å²) < 4.78 is 0. The van der Waals surface area contributed by atoms with Gasteiger partial charge in [-0.3, -0.25) is 0 Å². The van der Waals surface area contributed by atoms with Crippen molar-refractivity contribution in [2.75, 3.05) is 0 Å². The first kappa shape index (κ1) is 20.8. The summed E-state index contributed by atoms with van der Waals surface area (Å²) in [6.45, 7) is 2.28. The number of unbranched alkanes of at least 4 members (excludes halogenated alkanes) is 12. The molecule has 0 radical (unpaired) electrons. The Kier molecular flexibility index (Phi) is 12.8. The van der Waals surface area contributed by atoms with Crippen molar-refractivity contribution in [3.8, 4) is 0 Å². The lowest BCUT2D eigenvalue weighted by molar-refractivity contribution is 0.539. The van der Waals surface area contributed by atoms with Gasteiger partial charge in [-0.2, -0.15) is 0 Å². The van der Waals surface area contributed by atoms with Gasteiger partial charge in [0, 0.05) is 10.0 Å². The van der Waals surface area contributed by atoms with Gasteiger partial charge >= 0.3 is 0 Å². The van der Waals surface area contributed by atoms with Crippen molar-refractivity contribution in [1.29, 1.82) is 0 Å². The molecule has 0 saturated heterocycles. The second-order valence-electron chi connectivity index (χ2n) is 6.73. The molecule has 0 nitrogen and oxygen atoms in total. The van der Waals surface area contributed by atoms with Crippen LogP contribution >= 0.6 is 23.2 Å². The maximum atomic E-state index is 6.19. The number of rotatable bonds is 14. The first-order valence-electron chi connectivity index (χ1n) is 9.68. The summed E-state index contributed by atoms with van der Waals surface area (Å²) in [4.78, 5) is 0. The molecule has 0 aliphatic heterocycles. The molecule has 0 aliphatic rings. The van der Waals surface area contributed by atoms with Crippen molar-refractivity contribution < 1.29 is 0 Å². The van der Waals surface area contributed by atoms with Gasteiger partial charge in [-0.25, -0.2) is 0 Å². The minimum atomic E-state index is 0.791. The fourth-order valence-electron chi connectivity index (χ4n) is 3.07. The molecule has 1 rings (SSSR count). The van der Waals surface area contributed by atoms with E-state index < -0.39 is 0 Å². The molecule has 0 saturated carbocycles. The molecule has 0 atom stereocenters. The minimum absolute atomic E-state index is 0.791. The Hall–Kier alpha value is -0.200. The highest BCUT2D eigenvalue weighted by Gasteiger charge is 2.01. The van der Waals surface area contributed by atoms with Crippen LogP contribution in [0.3, 0.4) is 0 Å². The molecule has 0 aliphatic carbocycles. The minimum Gasteiger partial charge on any atom is -0.0843 e. The van der Waals surface area contributed by atoms with Crippen LogP contribution in [0.25, 0.3) is 0 Å². The predicted octanol–water partition coefficient (Wildman–Crippen LogP) is 8.63. The van der Waals surface area contributed by atoms with E-state index in [9.17, 15) is 0 Å². The molecule has 0 unspecified atom stereocenters. The van der Waals surface area contributed by atoms with Crippen LogP contribution in [-0.2, 0) is 6.42 Å². The average molecular weight is 357 g/mol. The predicted molar refractivity (Wildman–Crippen MR) is 106 cm³/mol. The summed E-state index contributed by atoms with van der Waals surface area (Å²) in [5.41, 5.74) is 1.20. The SMILES string of the molecule is CCCCCCCCCCCCCCCc1cc(Cl)ccc1Cl. The number of benzene rings is 1. The lowest BCUT2D eigenvalue weighted by Gasteiger charge is -2.05. The van der Waals surface area contributed by atoms with Crippen molar-refractivity contribution in [3.63, 3.8) is 0 Å². The topological polar surface area (TPSA) is 0 Å². The van der Waals surface area contributed by atoms with Crippen molar-refractivity contribution in [1.82, 2.24) is 0 Å². The monoisotopic (exact) mass is 356 g/mol. The van der Waals surface area contributed by atoms with Crippen LogP contribution in [0.2, 0.25) is 10.0 Å². The number of hydrogen-bond donors (Lipinski definition) is 0. The molecule has 0 N–H and O–H groups in total. The van der Waals surface area contributed by atoms with E-state index in [1.807, 2.05) is 18.2 Å². The fraction of sp³-hybridized carbons (Fsp3) is 0.714. The lowest BCUT2D eigenvalue weighted by Crippen LogP contribution is -1.88. The van der Waals surface area contributed by atoms with Crippen LogP contribution in [0.15, 0.2) is 18.2 Å². The van der Waals surface area contributed by atoms with E-state index in [1.165, 1.54) is 89.0 Å². The maximum absolute atomic E-state index is 6.19. The van der Waals surface area contributed by atoms with Gasteiger partial charge in [-0.1, -0.05) is 107 Å². The van der Waals surface area contributed by atoms with Gasteiger partial charge in [0.15, 0.2) is 0 Å². The summed E-state index contributed by atoms with van der Waals surface area (Å²) >= 11 is 12.2. The zero-order valence-corrected chi connectivity index (χ0v) is 16.4. The smallest absolute Gasteiger partial charge is 0.0439 e. The van der Waals surface area contributed by atoms with Crippen LogP contribution in [0.4, 0.5) is 0 Å².